The van der Waals surface area contributed by atoms with E-state index >= 15 is 0 Å². The average molecular weight is 1670 g/mol. The summed E-state index contributed by atoms with van der Waals surface area (Å²) in [6.45, 7) is 18.7. The number of carbonyl (C=O) groups is 5. The molecule has 0 aliphatic carbocycles. The molecule has 15 heteroatoms. The summed E-state index contributed by atoms with van der Waals surface area (Å²) < 4.78 is 43.8. The minimum absolute atomic E-state index is 0.0397. The van der Waals surface area contributed by atoms with Gasteiger partial charge in [0.25, 0.3) is 29.5 Å². The van der Waals surface area contributed by atoms with E-state index in [1.165, 1.54) is 44.5 Å². The largest absolute Gasteiger partial charge is 0.406 e. The topological polar surface area (TPSA) is 115 Å². The number of alkyl halides is 3. The smallest absolute Gasteiger partial charge is 0.383 e. The fourth-order valence-electron chi connectivity index (χ4n) is 18.1. The van der Waals surface area contributed by atoms with Crippen molar-refractivity contribution in [2.75, 3.05) is 64.4 Å². The molecule has 5 aliphatic rings. The number of amides is 5. The molecular weight excluding hydrogens is 1580 g/mol. The van der Waals surface area contributed by atoms with Gasteiger partial charge in [-0.2, -0.15) is 13.2 Å². The Kier molecular flexibility index (Phi) is 22.6. The molecule has 0 radical (unpaired) electrons. The predicted octanol–water partition coefficient (Wildman–Crippen LogP) is 26.9. The van der Waals surface area contributed by atoms with Gasteiger partial charge >= 0.3 is 6.18 Å². The van der Waals surface area contributed by atoms with Gasteiger partial charge in [0.1, 0.15) is 6.54 Å². The zero-order valence-electron chi connectivity index (χ0n) is 71.0. The lowest BCUT2D eigenvalue weighted by atomic mass is 9.95. The van der Waals surface area contributed by atoms with Crippen molar-refractivity contribution in [3.63, 3.8) is 0 Å². The Morgan fingerprint density at radius 1 is 0.299 bits per heavy atom. The van der Waals surface area contributed by atoms with Crippen LogP contribution in [-0.2, 0) is 11.3 Å². The maximum absolute atomic E-state index is 13.1. The lowest BCUT2D eigenvalue weighted by Crippen LogP contribution is -2.36. The van der Waals surface area contributed by atoms with Gasteiger partial charge < -0.3 is 24.3 Å². The molecule has 5 heterocycles. The van der Waals surface area contributed by atoms with Gasteiger partial charge in [0.05, 0.1) is 47.2 Å². The number of benzene rings is 17. The molecule has 0 atom stereocenters. The van der Waals surface area contributed by atoms with E-state index in [1.54, 1.807) is 31.4 Å². The third-order valence-corrected chi connectivity index (χ3v) is 24.4. The van der Waals surface area contributed by atoms with E-state index in [1.807, 2.05) is 160 Å². The summed E-state index contributed by atoms with van der Waals surface area (Å²) in [4.78, 5) is 75.8. The Bertz CT molecular complexity index is 7260. The summed E-state index contributed by atoms with van der Waals surface area (Å²) in [6, 6.07) is 111. The number of aryl methyl sites for hydroxylation is 5. The molecule has 22 rings (SSSR count). The molecule has 0 saturated carbocycles. The first-order chi connectivity index (χ1) is 61.7. The molecule has 127 heavy (non-hydrogen) atoms. The second-order valence-corrected chi connectivity index (χ2v) is 32.6. The summed E-state index contributed by atoms with van der Waals surface area (Å²) in [5.74, 6) is -0.363. The van der Waals surface area contributed by atoms with Gasteiger partial charge in [-0.15, -0.1) is 0 Å². The number of hydrogen-bond acceptors (Lipinski definition) is 6. The third-order valence-electron chi connectivity index (χ3n) is 24.4. The summed E-state index contributed by atoms with van der Waals surface area (Å²) in [5, 5.41) is 10.1. The normalized spacial score (nSPS) is 13.0. The first-order valence-corrected chi connectivity index (χ1v) is 42.5. The second kappa shape index (κ2) is 34.7. The SMILES string of the molecule is COCCN1C(=O)c2cccc3c(-c4ccc(C)cc4)ccc1c23.Cc1ccc(-c2ccc3c4c(cccc24)C(=O)N3CC(F)(F)F)cc1.Cc1ccc(-c2ccc3c4c(cccc24)C(=O)N3Cc2ccccc2)cc1.Cc1ccc(-c2ccc3c4c(cccc24)C(=O)N3c2ccccc2)cc1.[C-]#[N+]CCCN1C(=O)c2cccc3c(-c4ccc(C)cc4)ccc1c23. The van der Waals surface area contributed by atoms with Gasteiger partial charge in [0.15, 0.2) is 0 Å². The van der Waals surface area contributed by atoms with E-state index < -0.39 is 18.6 Å². The van der Waals surface area contributed by atoms with Crippen LogP contribution in [-0.4, -0.2) is 75.6 Å². The zero-order chi connectivity index (χ0) is 87.9. The average Bonchev–Trinajstić information content (AvgIpc) is 1.61. The van der Waals surface area contributed by atoms with Crippen LogP contribution in [0.4, 0.5) is 47.3 Å². The van der Waals surface area contributed by atoms with Crippen molar-refractivity contribution in [2.45, 2.75) is 53.8 Å². The van der Waals surface area contributed by atoms with E-state index in [2.05, 4.69) is 208 Å². The van der Waals surface area contributed by atoms with Crippen LogP contribution < -0.4 is 24.5 Å². The van der Waals surface area contributed by atoms with Crippen LogP contribution in [0, 0.1) is 41.2 Å². The van der Waals surface area contributed by atoms with Gasteiger partial charge in [-0.05, 0) is 196 Å². The summed E-state index contributed by atoms with van der Waals surface area (Å²) >= 11 is 0. The Morgan fingerprint density at radius 3 is 0.929 bits per heavy atom. The van der Waals surface area contributed by atoms with Crippen LogP contribution in [0.25, 0.3) is 114 Å². The summed E-state index contributed by atoms with van der Waals surface area (Å²) in [5.41, 5.74) is 27.0. The number of halogens is 3. The van der Waals surface area contributed by atoms with E-state index in [4.69, 9.17) is 11.3 Å². The Labute approximate surface area is 735 Å². The molecule has 0 saturated heterocycles. The highest BCUT2D eigenvalue weighted by Gasteiger charge is 2.40. The van der Waals surface area contributed by atoms with E-state index in [0.717, 1.165) is 149 Å². The van der Waals surface area contributed by atoms with Crippen LogP contribution >= 0.6 is 0 Å². The highest BCUT2D eigenvalue weighted by atomic mass is 19.4. The highest BCUT2D eigenvalue weighted by molar-refractivity contribution is 6.32. The predicted molar refractivity (Wildman–Crippen MR) is 510 cm³/mol. The molecule has 17 aromatic carbocycles. The molecule has 0 fully saturated rings. The molecular formula is C112H87F3N6O6. The molecule has 0 unspecified atom stereocenters. The van der Waals surface area contributed by atoms with Crippen molar-refractivity contribution >= 4 is 118 Å². The van der Waals surface area contributed by atoms with Crippen molar-refractivity contribution in [3.05, 3.63) is 406 Å². The van der Waals surface area contributed by atoms with Gasteiger partial charge in [0, 0.05) is 81.5 Å². The molecule has 0 N–H and O–H groups in total. The third kappa shape index (κ3) is 15.8. The van der Waals surface area contributed by atoms with Gasteiger partial charge in [-0.1, -0.05) is 289 Å². The maximum atomic E-state index is 13.1. The van der Waals surface area contributed by atoms with Gasteiger partial charge in [-0.3, -0.25) is 33.8 Å². The zero-order valence-corrected chi connectivity index (χ0v) is 71.0. The number of anilines is 6. The van der Waals surface area contributed by atoms with Gasteiger partial charge in [-0.25, -0.2) is 6.57 Å². The van der Waals surface area contributed by atoms with Crippen molar-refractivity contribution < 1.29 is 41.9 Å². The summed E-state index contributed by atoms with van der Waals surface area (Å²) in [6.07, 6.45) is -3.75. The van der Waals surface area contributed by atoms with Crippen molar-refractivity contribution in [1.82, 2.24) is 0 Å². The van der Waals surface area contributed by atoms with Crippen LogP contribution in [0.3, 0.4) is 0 Å². The molecule has 0 aromatic heterocycles. The maximum Gasteiger partial charge on any atom is 0.406 e. The molecule has 0 bridgehead atoms. The molecule has 5 amide bonds. The van der Waals surface area contributed by atoms with E-state index in [-0.39, 0.29) is 23.6 Å². The lowest BCUT2D eigenvalue weighted by Gasteiger charge is -2.19. The number of carbonyl (C=O) groups excluding carboxylic acids is 5. The summed E-state index contributed by atoms with van der Waals surface area (Å²) in [7, 11) is 1.66. The monoisotopic (exact) mass is 1670 g/mol. The van der Waals surface area contributed by atoms with Crippen LogP contribution in [0.2, 0.25) is 0 Å². The van der Waals surface area contributed by atoms with Gasteiger partial charge in [0.2, 0.25) is 6.54 Å². The number of ether oxygens (including phenoxy) is 1. The quantitative estimate of drug-likeness (QED) is 0.0746. The number of nitrogens with zero attached hydrogens (tertiary/aromatic N) is 6. The number of rotatable bonds is 15. The van der Waals surface area contributed by atoms with E-state index in [0.29, 0.717) is 55.8 Å². The van der Waals surface area contributed by atoms with Crippen LogP contribution in [0.1, 0.15) is 91.6 Å². The first-order valence-electron chi connectivity index (χ1n) is 42.5. The standard InChI is InChI=1S/C25H19NO.C24H17NO.C22H18N2O.C21H19NO2.C20H14F3NO/c1-17-10-12-19(13-11-17)20-14-15-23-24-21(20)8-5-9-22(24)25(27)26(23)16-18-6-3-2-4-7-18;1-16-10-12-17(13-11-16)19-14-15-22-23-20(19)8-5-9-21(23)24(26)25(22)18-6-3-2-4-7-18;1-15-7-9-16(10-8-15)17-11-12-20-21-18(17)5-3-6-19(21)22(25)24(20)14-4-13-23-2;1-14-6-8-15(9-7-14)16-10-11-19-20-17(16)4-3-5-18(20)21(23)22(19)12-13-24-2;1-12-5-7-13(8-6-12)14-9-10-17-18-15(14)3-2-4-16(18)19(25)24(17)11-20(21,22)23/h2-15H,16H2,1H3;2-15H,1H3;3,5-12H,4,13-14H2,1H3;3-11H,12-13H2,1-2H3;2-10H,11H2,1H3. The number of methoxy groups -OCH3 is 1. The molecule has 0 spiro atoms. The second-order valence-electron chi connectivity index (χ2n) is 32.6. The van der Waals surface area contributed by atoms with Crippen LogP contribution in [0.5, 0.6) is 0 Å². The minimum atomic E-state index is -4.44. The Morgan fingerprint density at radius 2 is 0.591 bits per heavy atom. The number of para-hydroxylation sites is 1. The molecule has 622 valence electrons. The van der Waals surface area contributed by atoms with Crippen molar-refractivity contribution in [2.24, 2.45) is 0 Å². The highest BCUT2D eigenvalue weighted by Crippen LogP contribution is 2.50. The fourth-order valence-corrected chi connectivity index (χ4v) is 18.1. The minimum Gasteiger partial charge on any atom is -0.383 e. The first kappa shape index (κ1) is 82.6. The fraction of sp³-hybridized carbons (Fsp3) is 0.125. The molecule has 5 aliphatic heterocycles. The lowest BCUT2D eigenvalue weighted by molar-refractivity contribution is -0.118. The molecule has 17 aromatic rings. The van der Waals surface area contributed by atoms with Crippen LogP contribution in [0.15, 0.2) is 334 Å². The van der Waals surface area contributed by atoms with Crippen molar-refractivity contribution in [3.8, 4) is 55.6 Å². The van der Waals surface area contributed by atoms with E-state index in [9.17, 15) is 37.1 Å². The number of hydrogen-bond donors (Lipinski definition) is 0. The Balaban J connectivity index is 0.000000107. The van der Waals surface area contributed by atoms with Crippen molar-refractivity contribution in [1.29, 1.82) is 0 Å². The Hall–Kier alpha value is -15.4. The molecule has 12 nitrogen and oxygen atoms in total.